The molecule has 1 aromatic carbocycles. The highest BCUT2D eigenvalue weighted by Crippen LogP contribution is 2.50. The Labute approximate surface area is 150 Å². The molecule has 0 spiro atoms. The lowest BCUT2D eigenvalue weighted by Crippen LogP contribution is -2.34. The van der Waals surface area contributed by atoms with Gasteiger partial charge in [-0.1, -0.05) is 44.5 Å². The molecule has 25 heavy (non-hydrogen) atoms. The number of aliphatic carboxylic acids is 1. The zero-order valence-corrected chi connectivity index (χ0v) is 15.4. The monoisotopic (exact) mass is 339 g/mol. The second kappa shape index (κ2) is 7.07. The van der Waals surface area contributed by atoms with Gasteiger partial charge >= 0.3 is 5.97 Å². The van der Waals surface area contributed by atoms with Gasteiger partial charge in [-0.15, -0.1) is 6.58 Å². The molecule has 0 saturated carbocycles. The summed E-state index contributed by atoms with van der Waals surface area (Å²) in [5.74, 6) is -0.269. The molecule has 1 aliphatic carbocycles. The maximum Gasteiger partial charge on any atom is 0.304 e. The van der Waals surface area contributed by atoms with Crippen LogP contribution >= 0.6 is 0 Å². The van der Waals surface area contributed by atoms with E-state index < -0.39 is 5.97 Å². The van der Waals surface area contributed by atoms with Gasteiger partial charge in [-0.2, -0.15) is 0 Å². The van der Waals surface area contributed by atoms with E-state index in [4.69, 9.17) is 0 Å². The zero-order valence-electron chi connectivity index (χ0n) is 15.4. The third-order valence-electron chi connectivity index (χ3n) is 6.01. The molecule has 0 bridgehead atoms. The summed E-state index contributed by atoms with van der Waals surface area (Å²) in [6, 6.07) is 6.54. The first-order valence-electron chi connectivity index (χ1n) is 9.53. The van der Waals surface area contributed by atoms with Gasteiger partial charge in [0.2, 0.25) is 0 Å². The minimum Gasteiger partial charge on any atom is -0.481 e. The Bertz CT molecular complexity index is 789. The van der Waals surface area contributed by atoms with Crippen LogP contribution in [0.1, 0.15) is 75.1 Å². The van der Waals surface area contributed by atoms with E-state index in [0.29, 0.717) is 5.92 Å². The van der Waals surface area contributed by atoms with E-state index in [9.17, 15) is 9.90 Å². The number of aryl methyl sites for hydroxylation is 1. The summed E-state index contributed by atoms with van der Waals surface area (Å²) < 4.78 is 0. The first-order chi connectivity index (χ1) is 12.1. The molecule has 1 unspecified atom stereocenters. The van der Waals surface area contributed by atoms with E-state index in [0.717, 1.165) is 38.5 Å². The van der Waals surface area contributed by atoms with Gasteiger partial charge in [0.25, 0.3) is 0 Å². The Hall–Kier alpha value is -2.03. The van der Waals surface area contributed by atoms with Gasteiger partial charge in [0.15, 0.2) is 0 Å². The molecule has 1 aromatic heterocycles. The van der Waals surface area contributed by atoms with Gasteiger partial charge in [-0.05, 0) is 49.1 Å². The van der Waals surface area contributed by atoms with Crippen LogP contribution in [0.15, 0.2) is 30.9 Å². The molecule has 1 heterocycles. The van der Waals surface area contributed by atoms with Crippen LogP contribution in [0.5, 0.6) is 0 Å². The topological polar surface area (TPSA) is 53.1 Å². The Kier molecular flexibility index (Phi) is 5.03. The van der Waals surface area contributed by atoms with Gasteiger partial charge in [0.1, 0.15) is 0 Å². The van der Waals surface area contributed by atoms with Gasteiger partial charge in [0.05, 0.1) is 6.42 Å². The number of H-pyrrole nitrogens is 1. The number of carboxylic acid groups (broad SMARTS) is 1. The number of para-hydroxylation sites is 1. The molecule has 3 rings (SSSR count). The maximum absolute atomic E-state index is 11.6. The lowest BCUT2D eigenvalue weighted by Gasteiger charge is -2.38. The molecule has 2 aromatic rings. The van der Waals surface area contributed by atoms with Crippen LogP contribution < -0.4 is 0 Å². The Balaban J connectivity index is 2.26. The van der Waals surface area contributed by atoms with Crippen molar-refractivity contribution in [1.82, 2.24) is 4.98 Å². The Morgan fingerprint density at radius 1 is 1.44 bits per heavy atom. The summed E-state index contributed by atoms with van der Waals surface area (Å²) in [6.07, 6.45) is 8.11. The van der Waals surface area contributed by atoms with Crippen molar-refractivity contribution < 1.29 is 9.90 Å². The normalized spacial score (nSPS) is 22.7. The Morgan fingerprint density at radius 3 is 2.88 bits per heavy atom. The average Bonchev–Trinajstić information content (AvgIpc) is 2.99. The van der Waals surface area contributed by atoms with Crippen LogP contribution in [0, 0.1) is 0 Å². The number of hydrogen-bond donors (Lipinski definition) is 2. The molecule has 2 N–H and O–H groups in total. The fourth-order valence-electron chi connectivity index (χ4n) is 4.72. The summed E-state index contributed by atoms with van der Waals surface area (Å²) in [5.41, 5.74) is 4.80. The van der Waals surface area contributed by atoms with E-state index in [-0.39, 0.29) is 11.8 Å². The minimum atomic E-state index is -0.706. The van der Waals surface area contributed by atoms with E-state index in [1.54, 1.807) is 0 Å². The van der Waals surface area contributed by atoms with Crippen molar-refractivity contribution in [1.29, 1.82) is 0 Å². The number of allylic oxidation sites excluding steroid dienone is 1. The fraction of sp³-hybridized carbons (Fsp3) is 0.500. The fourth-order valence-corrected chi connectivity index (χ4v) is 4.72. The van der Waals surface area contributed by atoms with Crippen LogP contribution in [0.25, 0.3) is 10.9 Å². The average molecular weight is 339 g/mol. The standard InChI is InChI=1S/C22H29NO2/c1-4-8-15-12-13-22(6-3,14-18(24)25)21-19(15)17-11-7-10-16(9-5-2)20(17)23-21/h4,7,10-11,15,23H,1,5-6,8-9,12-14H2,2-3H3,(H,24,25)/t15-,22?/m0/s1. The van der Waals surface area contributed by atoms with Crippen molar-refractivity contribution >= 4 is 16.9 Å². The highest BCUT2D eigenvalue weighted by atomic mass is 16.4. The van der Waals surface area contributed by atoms with Crippen molar-refractivity contribution in [2.24, 2.45) is 0 Å². The first-order valence-corrected chi connectivity index (χ1v) is 9.53. The van der Waals surface area contributed by atoms with Crippen LogP contribution in [-0.4, -0.2) is 16.1 Å². The van der Waals surface area contributed by atoms with Crippen molar-refractivity contribution in [3.05, 3.63) is 47.7 Å². The van der Waals surface area contributed by atoms with Gasteiger partial charge < -0.3 is 10.1 Å². The number of aromatic nitrogens is 1. The molecule has 0 amide bonds. The van der Waals surface area contributed by atoms with Gasteiger partial charge in [0, 0.05) is 22.0 Å². The number of benzene rings is 1. The summed E-state index contributed by atoms with van der Waals surface area (Å²) in [4.78, 5) is 15.3. The number of carboxylic acids is 1. The number of aromatic amines is 1. The molecule has 0 radical (unpaired) electrons. The molecule has 134 valence electrons. The second-order valence-electron chi connectivity index (χ2n) is 7.47. The summed E-state index contributed by atoms with van der Waals surface area (Å²) >= 11 is 0. The van der Waals surface area contributed by atoms with E-state index >= 15 is 0 Å². The van der Waals surface area contributed by atoms with E-state index in [1.807, 2.05) is 6.08 Å². The minimum absolute atomic E-state index is 0.202. The number of fused-ring (bicyclic) bond motifs is 3. The Morgan fingerprint density at radius 2 is 2.24 bits per heavy atom. The van der Waals surface area contributed by atoms with Crippen molar-refractivity contribution in [2.75, 3.05) is 0 Å². The number of nitrogens with one attached hydrogen (secondary N) is 1. The predicted octanol–water partition coefficient (Wildman–Crippen LogP) is 5.70. The van der Waals surface area contributed by atoms with Crippen LogP contribution in [0.3, 0.4) is 0 Å². The number of carbonyl (C=O) groups is 1. The van der Waals surface area contributed by atoms with Crippen molar-refractivity contribution in [3.8, 4) is 0 Å². The molecule has 1 aliphatic rings. The lowest BCUT2D eigenvalue weighted by molar-refractivity contribution is -0.138. The highest BCUT2D eigenvalue weighted by molar-refractivity contribution is 5.89. The summed E-state index contributed by atoms with van der Waals surface area (Å²) in [6.45, 7) is 8.26. The molecule has 3 nitrogen and oxygen atoms in total. The largest absolute Gasteiger partial charge is 0.481 e. The second-order valence-corrected chi connectivity index (χ2v) is 7.47. The molecule has 0 saturated heterocycles. The van der Waals surface area contributed by atoms with E-state index in [1.165, 1.54) is 27.7 Å². The zero-order chi connectivity index (χ0) is 18.0. The molecule has 2 atom stereocenters. The highest BCUT2D eigenvalue weighted by Gasteiger charge is 2.42. The van der Waals surface area contributed by atoms with Crippen LogP contribution in [-0.2, 0) is 16.6 Å². The number of hydrogen-bond acceptors (Lipinski definition) is 1. The lowest BCUT2D eigenvalue weighted by atomic mass is 9.65. The molecular formula is C22H29NO2. The smallest absolute Gasteiger partial charge is 0.304 e. The molecule has 3 heteroatoms. The summed E-state index contributed by atoms with van der Waals surface area (Å²) in [5, 5.41) is 10.8. The number of rotatable bonds is 7. The maximum atomic E-state index is 11.6. The molecular weight excluding hydrogens is 310 g/mol. The van der Waals surface area contributed by atoms with Crippen LogP contribution in [0.4, 0.5) is 0 Å². The van der Waals surface area contributed by atoms with Crippen molar-refractivity contribution in [2.45, 2.75) is 70.1 Å². The quantitative estimate of drug-likeness (QED) is 0.636. The first kappa shape index (κ1) is 17.8. The third-order valence-corrected chi connectivity index (χ3v) is 6.01. The third kappa shape index (κ3) is 3.01. The predicted molar refractivity (Wildman–Crippen MR) is 103 cm³/mol. The van der Waals surface area contributed by atoms with E-state index in [2.05, 4.69) is 43.6 Å². The SMILES string of the molecule is C=CC[C@H]1CCC(CC)(CC(=O)O)c2[nH]c3c(CCC)cccc3c21. The molecule has 0 fully saturated rings. The van der Waals surface area contributed by atoms with Crippen molar-refractivity contribution in [3.63, 3.8) is 0 Å². The van der Waals surface area contributed by atoms with Gasteiger partial charge in [-0.25, -0.2) is 0 Å². The summed E-state index contributed by atoms with van der Waals surface area (Å²) in [7, 11) is 0. The van der Waals surface area contributed by atoms with Crippen LogP contribution in [0.2, 0.25) is 0 Å². The van der Waals surface area contributed by atoms with Gasteiger partial charge in [-0.3, -0.25) is 4.79 Å². The molecule has 0 aliphatic heterocycles.